The topological polar surface area (TPSA) is 101 Å². The number of amides is 2. The quantitative estimate of drug-likeness (QED) is 0.643. The normalized spacial score (nSPS) is 11.5. The number of carbonyl (C=O) groups is 2. The van der Waals surface area contributed by atoms with E-state index in [1.165, 1.54) is 25.1 Å². The second-order valence-electron chi connectivity index (χ2n) is 5.76. The number of nitro benzene ring substituents is 1. The monoisotopic (exact) mass is 341 g/mol. The van der Waals surface area contributed by atoms with Gasteiger partial charge < -0.3 is 10.6 Å². The van der Waals surface area contributed by atoms with Crippen LogP contribution in [-0.4, -0.2) is 16.7 Å². The van der Waals surface area contributed by atoms with Crippen molar-refractivity contribution < 1.29 is 14.5 Å². The third kappa shape index (κ3) is 4.63. The molecule has 0 aliphatic rings. The summed E-state index contributed by atoms with van der Waals surface area (Å²) in [6, 6.07) is 11.0. The van der Waals surface area contributed by atoms with Crippen LogP contribution in [0.25, 0.3) is 0 Å². The van der Waals surface area contributed by atoms with Crippen LogP contribution in [0.15, 0.2) is 42.5 Å². The van der Waals surface area contributed by atoms with Gasteiger partial charge in [0.05, 0.1) is 11.0 Å². The molecule has 0 saturated carbocycles. The Hall–Kier alpha value is -3.22. The van der Waals surface area contributed by atoms with Crippen molar-refractivity contribution >= 4 is 23.2 Å². The maximum absolute atomic E-state index is 12.4. The van der Waals surface area contributed by atoms with Crippen molar-refractivity contribution in [3.05, 3.63) is 69.3 Å². The van der Waals surface area contributed by atoms with Gasteiger partial charge in [-0.05, 0) is 43.2 Å². The number of rotatable bonds is 5. The van der Waals surface area contributed by atoms with Gasteiger partial charge >= 0.3 is 0 Å². The Bertz CT molecular complexity index is 833. The van der Waals surface area contributed by atoms with Gasteiger partial charge in [-0.15, -0.1) is 0 Å². The number of hydrogen-bond donors (Lipinski definition) is 2. The van der Waals surface area contributed by atoms with Crippen LogP contribution < -0.4 is 10.6 Å². The molecule has 0 fully saturated rings. The fourth-order valence-electron chi connectivity index (χ4n) is 2.46. The number of non-ortho nitro benzene ring substituents is 1. The number of hydrogen-bond acceptors (Lipinski definition) is 4. The molecule has 0 unspecified atom stereocenters. The molecule has 2 aromatic rings. The van der Waals surface area contributed by atoms with Crippen LogP contribution in [0.4, 0.5) is 11.4 Å². The summed E-state index contributed by atoms with van der Waals surface area (Å²) in [5, 5.41) is 16.3. The van der Waals surface area contributed by atoms with E-state index in [1.54, 1.807) is 25.1 Å². The molecule has 2 N–H and O–H groups in total. The number of anilines is 1. The summed E-state index contributed by atoms with van der Waals surface area (Å²) >= 11 is 0. The molecule has 0 spiro atoms. The number of nitro groups is 1. The van der Waals surface area contributed by atoms with Crippen LogP contribution in [0.1, 0.15) is 41.4 Å². The van der Waals surface area contributed by atoms with Crippen LogP contribution in [-0.2, 0) is 4.79 Å². The standard InChI is InChI=1S/C18H19N3O4/c1-11-9-16(21(24)25)7-8-17(11)18(23)19-12(2)14-5-4-6-15(10-14)20-13(3)22/h4-10,12H,1-3H3,(H,19,23)(H,20,22)/t12-/m0/s1. The molecule has 0 heterocycles. The molecular formula is C18H19N3O4. The first-order chi connectivity index (χ1) is 11.8. The minimum Gasteiger partial charge on any atom is -0.346 e. The van der Waals surface area contributed by atoms with Gasteiger partial charge in [-0.2, -0.15) is 0 Å². The average molecular weight is 341 g/mol. The van der Waals surface area contributed by atoms with Crippen LogP contribution >= 0.6 is 0 Å². The lowest BCUT2D eigenvalue weighted by molar-refractivity contribution is -0.384. The second kappa shape index (κ2) is 7.57. The van der Waals surface area contributed by atoms with Crippen molar-refractivity contribution in [3.8, 4) is 0 Å². The van der Waals surface area contributed by atoms with E-state index in [0.717, 1.165) is 5.56 Å². The fourth-order valence-corrected chi connectivity index (χ4v) is 2.46. The van der Waals surface area contributed by atoms with E-state index in [4.69, 9.17) is 0 Å². The van der Waals surface area contributed by atoms with E-state index in [1.807, 2.05) is 13.0 Å². The zero-order valence-corrected chi connectivity index (χ0v) is 14.2. The lowest BCUT2D eigenvalue weighted by Crippen LogP contribution is -2.27. The van der Waals surface area contributed by atoms with Crippen molar-refractivity contribution in [1.82, 2.24) is 5.32 Å². The van der Waals surface area contributed by atoms with E-state index in [-0.39, 0.29) is 23.5 Å². The van der Waals surface area contributed by atoms with E-state index in [0.29, 0.717) is 16.8 Å². The van der Waals surface area contributed by atoms with Crippen molar-refractivity contribution in [2.75, 3.05) is 5.32 Å². The van der Waals surface area contributed by atoms with Crippen molar-refractivity contribution in [3.63, 3.8) is 0 Å². The van der Waals surface area contributed by atoms with Gasteiger partial charge in [0.2, 0.25) is 5.91 Å². The molecule has 2 rings (SSSR count). The Kier molecular flexibility index (Phi) is 5.49. The van der Waals surface area contributed by atoms with Gasteiger partial charge in [0, 0.05) is 30.3 Å². The predicted molar refractivity (Wildman–Crippen MR) is 94.5 cm³/mol. The SMILES string of the molecule is CC(=O)Nc1cccc([C@H](C)NC(=O)c2ccc([N+](=O)[O-])cc2C)c1. The highest BCUT2D eigenvalue weighted by atomic mass is 16.6. The van der Waals surface area contributed by atoms with Gasteiger partial charge in [0.15, 0.2) is 0 Å². The van der Waals surface area contributed by atoms with Gasteiger partial charge in [0.25, 0.3) is 11.6 Å². The van der Waals surface area contributed by atoms with Crippen LogP contribution in [0.3, 0.4) is 0 Å². The Morgan fingerprint density at radius 3 is 2.48 bits per heavy atom. The highest BCUT2D eigenvalue weighted by Crippen LogP contribution is 2.20. The summed E-state index contributed by atoms with van der Waals surface area (Å²) in [7, 11) is 0. The number of carbonyl (C=O) groups excluding carboxylic acids is 2. The molecule has 130 valence electrons. The Morgan fingerprint density at radius 1 is 1.16 bits per heavy atom. The molecular weight excluding hydrogens is 322 g/mol. The molecule has 0 bridgehead atoms. The van der Waals surface area contributed by atoms with E-state index < -0.39 is 4.92 Å². The predicted octanol–water partition coefficient (Wildman–Crippen LogP) is 3.35. The summed E-state index contributed by atoms with van der Waals surface area (Å²) in [5.41, 5.74) is 2.35. The molecule has 0 saturated heterocycles. The van der Waals surface area contributed by atoms with E-state index in [9.17, 15) is 19.7 Å². The lowest BCUT2D eigenvalue weighted by atomic mass is 10.0. The minimum absolute atomic E-state index is 0.0508. The number of nitrogens with one attached hydrogen (secondary N) is 2. The van der Waals surface area contributed by atoms with Gasteiger partial charge in [-0.1, -0.05) is 12.1 Å². The highest BCUT2D eigenvalue weighted by Gasteiger charge is 2.16. The maximum atomic E-state index is 12.4. The number of benzene rings is 2. The summed E-state index contributed by atoms with van der Waals surface area (Å²) in [6.45, 7) is 4.91. The molecule has 2 aromatic carbocycles. The lowest BCUT2D eigenvalue weighted by Gasteiger charge is -2.16. The molecule has 2 amide bonds. The van der Waals surface area contributed by atoms with Crippen LogP contribution in [0, 0.1) is 17.0 Å². The van der Waals surface area contributed by atoms with Crippen molar-refractivity contribution in [1.29, 1.82) is 0 Å². The minimum atomic E-state index is -0.495. The largest absolute Gasteiger partial charge is 0.346 e. The summed E-state index contributed by atoms with van der Waals surface area (Å²) in [6.07, 6.45) is 0. The molecule has 0 aliphatic heterocycles. The zero-order chi connectivity index (χ0) is 18.6. The Balaban J connectivity index is 2.15. The van der Waals surface area contributed by atoms with Crippen LogP contribution in [0.2, 0.25) is 0 Å². The fraction of sp³-hybridized carbons (Fsp3) is 0.222. The number of aryl methyl sites for hydroxylation is 1. The average Bonchev–Trinajstić information content (AvgIpc) is 2.54. The molecule has 0 aliphatic carbocycles. The Labute approximate surface area is 145 Å². The highest BCUT2D eigenvalue weighted by molar-refractivity contribution is 5.96. The molecule has 1 atom stereocenters. The maximum Gasteiger partial charge on any atom is 0.269 e. The van der Waals surface area contributed by atoms with Gasteiger partial charge in [0.1, 0.15) is 0 Å². The second-order valence-corrected chi connectivity index (χ2v) is 5.76. The molecule has 0 aromatic heterocycles. The molecule has 7 nitrogen and oxygen atoms in total. The summed E-state index contributed by atoms with van der Waals surface area (Å²) in [4.78, 5) is 33.9. The van der Waals surface area contributed by atoms with E-state index in [2.05, 4.69) is 10.6 Å². The van der Waals surface area contributed by atoms with Gasteiger partial charge in [-0.25, -0.2) is 0 Å². The third-order valence-electron chi connectivity index (χ3n) is 3.72. The first kappa shape index (κ1) is 18.1. The zero-order valence-electron chi connectivity index (χ0n) is 14.2. The summed E-state index contributed by atoms with van der Waals surface area (Å²) < 4.78 is 0. The number of nitrogens with zero attached hydrogens (tertiary/aromatic N) is 1. The first-order valence-electron chi connectivity index (χ1n) is 7.71. The molecule has 25 heavy (non-hydrogen) atoms. The van der Waals surface area contributed by atoms with Gasteiger partial charge in [-0.3, -0.25) is 19.7 Å². The van der Waals surface area contributed by atoms with Crippen LogP contribution in [0.5, 0.6) is 0 Å². The smallest absolute Gasteiger partial charge is 0.269 e. The van der Waals surface area contributed by atoms with E-state index >= 15 is 0 Å². The van der Waals surface area contributed by atoms with Crippen molar-refractivity contribution in [2.45, 2.75) is 26.8 Å². The third-order valence-corrected chi connectivity index (χ3v) is 3.72. The molecule has 7 heteroatoms. The Morgan fingerprint density at radius 2 is 1.88 bits per heavy atom. The summed E-state index contributed by atoms with van der Waals surface area (Å²) in [5.74, 6) is -0.486. The van der Waals surface area contributed by atoms with Crippen molar-refractivity contribution in [2.24, 2.45) is 0 Å². The first-order valence-corrected chi connectivity index (χ1v) is 7.71. The molecule has 0 radical (unpaired) electrons.